The molecule has 2 rings (SSSR count). The van der Waals surface area contributed by atoms with Crippen molar-refractivity contribution in [2.24, 2.45) is 17.8 Å². The number of carbonyl (C=O) groups is 1. The van der Waals surface area contributed by atoms with Crippen LogP contribution in [0, 0.1) is 17.8 Å². The highest BCUT2D eigenvalue weighted by Crippen LogP contribution is 2.34. The molecule has 0 N–H and O–H groups in total. The van der Waals surface area contributed by atoms with Crippen molar-refractivity contribution >= 4 is 5.78 Å². The molecule has 16 heavy (non-hydrogen) atoms. The van der Waals surface area contributed by atoms with E-state index in [2.05, 4.69) is 6.92 Å². The largest absolute Gasteiger partial charge is 0.299 e. The van der Waals surface area contributed by atoms with Crippen LogP contribution in [0.15, 0.2) is 0 Å². The first-order valence-electron chi connectivity index (χ1n) is 7.33. The summed E-state index contributed by atoms with van der Waals surface area (Å²) in [5.74, 6) is 2.09. The van der Waals surface area contributed by atoms with Gasteiger partial charge >= 0.3 is 0 Å². The van der Waals surface area contributed by atoms with E-state index in [1.54, 1.807) is 0 Å². The van der Waals surface area contributed by atoms with E-state index in [0.717, 1.165) is 0 Å². The molecule has 0 aromatic heterocycles. The van der Waals surface area contributed by atoms with Crippen molar-refractivity contribution in [3.05, 3.63) is 0 Å². The number of Topliss-reactive ketones (excluding diaryl/α,β-unsaturated/α-hetero) is 1. The van der Waals surface area contributed by atoms with Gasteiger partial charge in [-0.05, 0) is 31.6 Å². The summed E-state index contributed by atoms with van der Waals surface area (Å²) in [5, 5.41) is 0. The van der Waals surface area contributed by atoms with Crippen molar-refractivity contribution in [3.63, 3.8) is 0 Å². The monoisotopic (exact) mass is 222 g/mol. The molecular weight excluding hydrogens is 196 g/mol. The van der Waals surface area contributed by atoms with Crippen molar-refractivity contribution in [1.82, 2.24) is 0 Å². The maximum atomic E-state index is 12.4. The number of rotatable bonds is 3. The first-order valence-corrected chi connectivity index (χ1v) is 7.33. The van der Waals surface area contributed by atoms with E-state index in [1.165, 1.54) is 64.2 Å². The summed E-state index contributed by atoms with van der Waals surface area (Å²) in [6.07, 6.45) is 13.0. The number of hydrogen-bond donors (Lipinski definition) is 0. The van der Waals surface area contributed by atoms with Crippen LogP contribution in [-0.4, -0.2) is 5.78 Å². The molecule has 0 heterocycles. The van der Waals surface area contributed by atoms with Crippen LogP contribution in [0.25, 0.3) is 0 Å². The standard InChI is InChI=1S/C15H26O/c1-12(13-8-4-2-5-9-13)15(16)14-10-6-3-7-11-14/h12-14H,2-11H2,1H3. The molecule has 1 nitrogen and oxygen atoms in total. The molecular formula is C15H26O. The molecule has 0 aromatic carbocycles. The Kier molecular flexibility index (Phi) is 4.43. The Labute approximate surface area is 100.0 Å². The molecule has 0 aromatic rings. The number of carbonyl (C=O) groups excluding carboxylic acids is 1. The third-order valence-electron chi connectivity index (χ3n) is 4.81. The van der Waals surface area contributed by atoms with Crippen LogP contribution in [-0.2, 0) is 4.79 Å². The van der Waals surface area contributed by atoms with Gasteiger partial charge in [0.1, 0.15) is 5.78 Å². The molecule has 0 amide bonds. The fraction of sp³-hybridized carbons (Fsp3) is 0.933. The van der Waals surface area contributed by atoms with Gasteiger partial charge in [0.2, 0.25) is 0 Å². The summed E-state index contributed by atoms with van der Waals surface area (Å²) < 4.78 is 0. The fourth-order valence-corrected chi connectivity index (χ4v) is 3.63. The van der Waals surface area contributed by atoms with Gasteiger partial charge in [-0.3, -0.25) is 4.79 Å². The molecule has 1 unspecified atom stereocenters. The zero-order valence-electron chi connectivity index (χ0n) is 10.7. The summed E-state index contributed by atoms with van der Waals surface area (Å²) in [6.45, 7) is 2.20. The van der Waals surface area contributed by atoms with Crippen molar-refractivity contribution in [1.29, 1.82) is 0 Å². The molecule has 2 aliphatic rings. The molecule has 2 saturated carbocycles. The van der Waals surface area contributed by atoms with Gasteiger partial charge in [0.05, 0.1) is 0 Å². The van der Waals surface area contributed by atoms with Gasteiger partial charge in [-0.1, -0.05) is 45.4 Å². The Bertz CT molecular complexity index is 222. The van der Waals surface area contributed by atoms with Crippen molar-refractivity contribution in [2.75, 3.05) is 0 Å². The van der Waals surface area contributed by atoms with E-state index < -0.39 is 0 Å². The second-order valence-corrected chi connectivity index (χ2v) is 5.92. The summed E-state index contributed by atoms with van der Waals surface area (Å²) in [4.78, 5) is 12.4. The third-order valence-corrected chi connectivity index (χ3v) is 4.81. The topological polar surface area (TPSA) is 17.1 Å². The zero-order chi connectivity index (χ0) is 11.4. The Morgan fingerprint density at radius 2 is 1.38 bits per heavy atom. The highest BCUT2D eigenvalue weighted by atomic mass is 16.1. The lowest BCUT2D eigenvalue weighted by Gasteiger charge is -2.30. The van der Waals surface area contributed by atoms with Gasteiger partial charge in [-0.2, -0.15) is 0 Å². The summed E-state index contributed by atoms with van der Waals surface area (Å²) >= 11 is 0. The average molecular weight is 222 g/mol. The van der Waals surface area contributed by atoms with Crippen LogP contribution in [0.3, 0.4) is 0 Å². The lowest BCUT2D eigenvalue weighted by Crippen LogP contribution is -2.29. The maximum Gasteiger partial charge on any atom is 0.139 e. The van der Waals surface area contributed by atoms with Crippen LogP contribution in [0.5, 0.6) is 0 Å². The molecule has 0 radical (unpaired) electrons. The van der Waals surface area contributed by atoms with E-state index in [1.807, 2.05) is 0 Å². The molecule has 92 valence electrons. The highest BCUT2D eigenvalue weighted by Gasteiger charge is 2.30. The van der Waals surface area contributed by atoms with Crippen molar-refractivity contribution in [2.45, 2.75) is 71.1 Å². The molecule has 0 aliphatic heterocycles. The van der Waals surface area contributed by atoms with E-state index in [9.17, 15) is 4.79 Å². The third kappa shape index (κ3) is 2.87. The second-order valence-electron chi connectivity index (χ2n) is 5.92. The van der Waals surface area contributed by atoms with Crippen LogP contribution >= 0.6 is 0 Å². The Hall–Kier alpha value is -0.330. The predicted molar refractivity (Wildman–Crippen MR) is 67.3 cm³/mol. The van der Waals surface area contributed by atoms with Gasteiger partial charge in [0.15, 0.2) is 0 Å². The minimum atomic E-state index is 0.350. The summed E-state index contributed by atoms with van der Waals surface area (Å²) in [5.41, 5.74) is 0. The lowest BCUT2D eigenvalue weighted by atomic mass is 9.73. The predicted octanol–water partition coefficient (Wildman–Crippen LogP) is 4.35. The molecule has 0 spiro atoms. The average Bonchev–Trinajstić information content (AvgIpc) is 2.39. The number of ketones is 1. The van der Waals surface area contributed by atoms with E-state index in [-0.39, 0.29) is 0 Å². The van der Waals surface area contributed by atoms with Gasteiger partial charge in [0, 0.05) is 11.8 Å². The van der Waals surface area contributed by atoms with Crippen molar-refractivity contribution in [3.8, 4) is 0 Å². The molecule has 1 heteroatoms. The van der Waals surface area contributed by atoms with Crippen molar-refractivity contribution < 1.29 is 4.79 Å². The smallest absolute Gasteiger partial charge is 0.139 e. The Balaban J connectivity index is 1.86. The SMILES string of the molecule is CC(C(=O)C1CCCCC1)C1CCCCC1. The normalized spacial score (nSPS) is 26.6. The second kappa shape index (κ2) is 5.84. The summed E-state index contributed by atoms with van der Waals surface area (Å²) in [6, 6.07) is 0. The Morgan fingerprint density at radius 1 is 0.875 bits per heavy atom. The van der Waals surface area contributed by atoms with Gasteiger partial charge < -0.3 is 0 Å². The summed E-state index contributed by atoms with van der Waals surface area (Å²) in [7, 11) is 0. The van der Waals surface area contributed by atoms with E-state index >= 15 is 0 Å². The number of hydrogen-bond acceptors (Lipinski definition) is 1. The van der Waals surface area contributed by atoms with Gasteiger partial charge in [-0.15, -0.1) is 0 Å². The van der Waals surface area contributed by atoms with E-state index in [0.29, 0.717) is 23.5 Å². The molecule has 2 fully saturated rings. The first kappa shape index (κ1) is 12.1. The maximum absolute atomic E-state index is 12.4. The molecule has 0 bridgehead atoms. The van der Waals surface area contributed by atoms with Crippen LogP contribution in [0.4, 0.5) is 0 Å². The molecule has 1 atom stereocenters. The zero-order valence-corrected chi connectivity index (χ0v) is 10.7. The van der Waals surface area contributed by atoms with Crippen LogP contribution in [0.1, 0.15) is 71.1 Å². The van der Waals surface area contributed by atoms with E-state index in [4.69, 9.17) is 0 Å². The minimum absolute atomic E-state index is 0.350. The fourth-order valence-electron chi connectivity index (χ4n) is 3.63. The highest BCUT2D eigenvalue weighted by molar-refractivity contribution is 5.83. The minimum Gasteiger partial charge on any atom is -0.299 e. The first-order chi connectivity index (χ1) is 7.79. The van der Waals surface area contributed by atoms with Crippen LogP contribution < -0.4 is 0 Å². The Morgan fingerprint density at radius 3 is 1.94 bits per heavy atom. The quantitative estimate of drug-likeness (QED) is 0.693. The molecule has 0 saturated heterocycles. The van der Waals surface area contributed by atoms with Crippen LogP contribution in [0.2, 0.25) is 0 Å². The van der Waals surface area contributed by atoms with Gasteiger partial charge in [0.25, 0.3) is 0 Å². The van der Waals surface area contributed by atoms with Gasteiger partial charge in [-0.25, -0.2) is 0 Å². The lowest BCUT2D eigenvalue weighted by molar-refractivity contribution is -0.129. The molecule has 2 aliphatic carbocycles.